The van der Waals surface area contributed by atoms with Crippen molar-refractivity contribution in [2.75, 3.05) is 6.54 Å². The Kier molecular flexibility index (Phi) is 2.35. The minimum absolute atomic E-state index is 0.168. The highest BCUT2D eigenvalue weighted by molar-refractivity contribution is 7.89. The average molecular weight is 255 g/mol. The zero-order valence-electron chi connectivity index (χ0n) is 9.86. The minimum atomic E-state index is -3.41. The number of nitrogens with zero attached hydrogens (tertiary/aromatic N) is 1. The van der Waals surface area contributed by atoms with Crippen LogP contribution in [0.5, 0.6) is 0 Å². The molecule has 1 aromatic heterocycles. The molecule has 1 aromatic rings. The van der Waals surface area contributed by atoms with Gasteiger partial charge in [-0.2, -0.15) is 0 Å². The van der Waals surface area contributed by atoms with Gasteiger partial charge in [0.1, 0.15) is 5.82 Å². The van der Waals surface area contributed by atoms with Gasteiger partial charge in [0.2, 0.25) is 0 Å². The number of sulfonamides is 1. The van der Waals surface area contributed by atoms with Crippen molar-refractivity contribution in [1.29, 1.82) is 0 Å². The molecule has 0 aromatic carbocycles. The summed E-state index contributed by atoms with van der Waals surface area (Å²) in [6.45, 7) is 2.32. The van der Waals surface area contributed by atoms with Crippen molar-refractivity contribution >= 4 is 10.0 Å². The number of aryl methyl sites for hydroxylation is 1. The molecule has 5 nitrogen and oxygen atoms in total. The molecule has 3 rings (SSSR count). The second-order valence-electron chi connectivity index (χ2n) is 5.29. The molecule has 0 radical (unpaired) electrons. The lowest BCUT2D eigenvalue weighted by Crippen LogP contribution is -2.31. The fourth-order valence-corrected chi connectivity index (χ4v) is 3.54. The Hall–Kier alpha value is -0.880. The summed E-state index contributed by atoms with van der Waals surface area (Å²) in [6, 6.07) is 0. The predicted octanol–water partition coefficient (Wildman–Crippen LogP) is 1.19. The first-order valence-corrected chi connectivity index (χ1v) is 7.51. The van der Waals surface area contributed by atoms with Crippen molar-refractivity contribution in [3.05, 3.63) is 12.0 Å². The summed E-state index contributed by atoms with van der Waals surface area (Å²) < 4.78 is 26.7. The molecular weight excluding hydrogens is 238 g/mol. The molecule has 17 heavy (non-hydrogen) atoms. The first kappa shape index (κ1) is 11.2. The second kappa shape index (κ2) is 3.55. The van der Waals surface area contributed by atoms with E-state index in [9.17, 15) is 8.42 Å². The van der Waals surface area contributed by atoms with Crippen LogP contribution in [0, 0.1) is 18.3 Å². The fourth-order valence-electron chi connectivity index (χ4n) is 2.44. The van der Waals surface area contributed by atoms with Crippen LogP contribution in [0.15, 0.2) is 11.2 Å². The maximum absolute atomic E-state index is 12.0. The van der Waals surface area contributed by atoms with E-state index in [1.165, 1.54) is 31.9 Å². The first-order chi connectivity index (χ1) is 8.02. The first-order valence-electron chi connectivity index (χ1n) is 6.03. The average Bonchev–Trinajstić information content (AvgIpc) is 3.15. The van der Waals surface area contributed by atoms with E-state index in [0.29, 0.717) is 12.4 Å². The molecule has 1 heterocycles. The van der Waals surface area contributed by atoms with Gasteiger partial charge in [-0.05, 0) is 43.9 Å². The molecule has 0 aliphatic heterocycles. The fraction of sp³-hybridized carbons (Fsp3) is 0.727. The van der Waals surface area contributed by atoms with Gasteiger partial charge in [-0.15, -0.1) is 0 Å². The highest BCUT2D eigenvalue weighted by atomic mass is 32.2. The zero-order chi connectivity index (χ0) is 12.1. The van der Waals surface area contributed by atoms with Gasteiger partial charge >= 0.3 is 0 Å². The van der Waals surface area contributed by atoms with E-state index in [0.717, 1.165) is 5.92 Å². The maximum Gasteiger partial charge on any atom is 0.257 e. The molecule has 0 amide bonds. The zero-order valence-corrected chi connectivity index (χ0v) is 10.7. The number of imidazole rings is 1. The van der Waals surface area contributed by atoms with Crippen LogP contribution in [0.2, 0.25) is 0 Å². The molecular formula is C11H17N3O2S. The molecule has 2 saturated carbocycles. The van der Waals surface area contributed by atoms with E-state index in [1.807, 2.05) is 0 Å². The molecule has 0 saturated heterocycles. The lowest BCUT2D eigenvalue weighted by Gasteiger charge is -2.14. The quantitative estimate of drug-likeness (QED) is 0.829. The van der Waals surface area contributed by atoms with E-state index in [4.69, 9.17) is 0 Å². The molecule has 94 valence electrons. The van der Waals surface area contributed by atoms with Crippen molar-refractivity contribution in [2.24, 2.45) is 11.3 Å². The van der Waals surface area contributed by atoms with E-state index in [1.54, 1.807) is 6.92 Å². The number of hydrogen-bond donors (Lipinski definition) is 2. The Morgan fingerprint density at radius 1 is 1.53 bits per heavy atom. The largest absolute Gasteiger partial charge is 0.332 e. The van der Waals surface area contributed by atoms with Crippen molar-refractivity contribution < 1.29 is 8.42 Å². The number of hydrogen-bond acceptors (Lipinski definition) is 3. The molecule has 0 atom stereocenters. The topological polar surface area (TPSA) is 74.8 Å². The van der Waals surface area contributed by atoms with Crippen LogP contribution in [0.1, 0.15) is 31.5 Å². The lowest BCUT2D eigenvalue weighted by atomic mass is 10.0. The van der Waals surface area contributed by atoms with Gasteiger partial charge in [0.25, 0.3) is 10.0 Å². The summed E-state index contributed by atoms with van der Waals surface area (Å²) in [7, 11) is -3.41. The molecule has 0 unspecified atom stereocenters. The van der Waals surface area contributed by atoms with Gasteiger partial charge in [-0.3, -0.25) is 0 Å². The Balaban J connectivity index is 1.68. The Labute approximate surface area is 101 Å². The predicted molar refractivity (Wildman–Crippen MR) is 62.9 cm³/mol. The third-order valence-corrected chi connectivity index (χ3v) is 5.23. The van der Waals surface area contributed by atoms with Gasteiger partial charge in [-0.1, -0.05) is 0 Å². The number of aromatic nitrogens is 2. The molecule has 0 spiro atoms. The van der Waals surface area contributed by atoms with Crippen LogP contribution in [-0.4, -0.2) is 24.9 Å². The number of H-pyrrole nitrogens is 1. The van der Waals surface area contributed by atoms with Crippen molar-refractivity contribution in [2.45, 2.75) is 37.6 Å². The molecule has 6 heteroatoms. The van der Waals surface area contributed by atoms with E-state index in [-0.39, 0.29) is 10.4 Å². The summed E-state index contributed by atoms with van der Waals surface area (Å²) >= 11 is 0. The minimum Gasteiger partial charge on any atom is -0.332 e. The summed E-state index contributed by atoms with van der Waals surface area (Å²) in [6.07, 6.45) is 6.24. The van der Waals surface area contributed by atoms with E-state index in [2.05, 4.69) is 14.7 Å². The Bertz CT molecular complexity index is 527. The Morgan fingerprint density at radius 2 is 2.24 bits per heavy atom. The SMILES string of the molecule is Cc1ncc(S(=O)(=O)NCC2(C3CC3)CC2)[nH]1. The summed E-state index contributed by atoms with van der Waals surface area (Å²) in [5.74, 6) is 1.38. The second-order valence-corrected chi connectivity index (χ2v) is 7.03. The van der Waals surface area contributed by atoms with Gasteiger partial charge in [0.05, 0.1) is 6.20 Å². The van der Waals surface area contributed by atoms with Crippen LogP contribution in [-0.2, 0) is 10.0 Å². The monoisotopic (exact) mass is 255 g/mol. The molecule has 2 N–H and O–H groups in total. The maximum atomic E-state index is 12.0. The van der Waals surface area contributed by atoms with Crippen molar-refractivity contribution in [3.8, 4) is 0 Å². The summed E-state index contributed by atoms with van der Waals surface area (Å²) in [4.78, 5) is 6.67. The smallest absolute Gasteiger partial charge is 0.257 e. The van der Waals surface area contributed by atoms with E-state index < -0.39 is 10.0 Å². The molecule has 2 aliphatic carbocycles. The third kappa shape index (κ3) is 2.11. The lowest BCUT2D eigenvalue weighted by molar-refractivity contribution is 0.431. The van der Waals surface area contributed by atoms with Crippen LogP contribution < -0.4 is 4.72 Å². The molecule has 0 bridgehead atoms. The number of aromatic amines is 1. The Morgan fingerprint density at radius 3 is 2.71 bits per heavy atom. The van der Waals surface area contributed by atoms with E-state index >= 15 is 0 Å². The van der Waals surface area contributed by atoms with Crippen molar-refractivity contribution in [3.63, 3.8) is 0 Å². The van der Waals surface area contributed by atoms with Crippen LogP contribution in [0.3, 0.4) is 0 Å². The molecule has 2 fully saturated rings. The normalized spacial score (nSPS) is 22.6. The third-order valence-electron chi connectivity index (χ3n) is 3.92. The van der Waals surface area contributed by atoms with Crippen LogP contribution >= 0.6 is 0 Å². The van der Waals surface area contributed by atoms with Gasteiger partial charge in [0.15, 0.2) is 5.03 Å². The van der Waals surface area contributed by atoms with Gasteiger partial charge < -0.3 is 4.98 Å². The summed E-state index contributed by atoms with van der Waals surface area (Å²) in [5, 5.41) is 0.168. The molecule has 2 aliphatic rings. The number of rotatable bonds is 5. The number of nitrogens with one attached hydrogen (secondary N) is 2. The van der Waals surface area contributed by atoms with Gasteiger partial charge in [0, 0.05) is 6.54 Å². The summed E-state index contributed by atoms with van der Waals surface area (Å²) in [5.41, 5.74) is 0.280. The van der Waals surface area contributed by atoms with Crippen LogP contribution in [0.4, 0.5) is 0 Å². The van der Waals surface area contributed by atoms with Crippen LogP contribution in [0.25, 0.3) is 0 Å². The highest BCUT2D eigenvalue weighted by Gasteiger charge is 2.53. The van der Waals surface area contributed by atoms with Crippen molar-refractivity contribution in [1.82, 2.24) is 14.7 Å². The standard InChI is InChI=1S/C11H17N3O2S/c1-8-12-6-10(14-8)17(15,16)13-7-11(4-5-11)9-2-3-9/h6,9,13H,2-5,7H2,1H3,(H,12,14). The highest BCUT2D eigenvalue weighted by Crippen LogP contribution is 2.60. The van der Waals surface area contributed by atoms with Gasteiger partial charge in [-0.25, -0.2) is 18.1 Å².